The fourth-order valence-electron chi connectivity index (χ4n) is 4.07. The molecule has 9 heteroatoms. The minimum atomic E-state index is -1.18. The number of rotatable bonds is 4. The van der Waals surface area contributed by atoms with Gasteiger partial charge in [0.05, 0.1) is 0 Å². The average molecular weight is 358 g/mol. The van der Waals surface area contributed by atoms with Crippen LogP contribution in [0.2, 0.25) is 0 Å². The van der Waals surface area contributed by atoms with Gasteiger partial charge in [-0.25, -0.2) is 0 Å². The van der Waals surface area contributed by atoms with Gasteiger partial charge in [-0.05, 0) is 38.1 Å². The van der Waals surface area contributed by atoms with Crippen molar-refractivity contribution < 1.29 is 15.2 Å². The maximum atomic E-state index is 11.9. The molecule has 3 heterocycles. The number of hydrogen-bond acceptors (Lipinski definition) is 6. The molecule has 26 heavy (non-hydrogen) atoms. The minimum absolute atomic E-state index is 0.399. The van der Waals surface area contributed by atoms with Crippen molar-refractivity contribution in [3.05, 3.63) is 80.4 Å². The predicted molar refractivity (Wildman–Crippen MR) is 91.2 cm³/mol. The molecule has 2 aromatic rings. The molecule has 1 aliphatic rings. The summed E-state index contributed by atoms with van der Waals surface area (Å²) < 4.78 is 0. The van der Waals surface area contributed by atoms with E-state index in [-0.39, 0.29) is 0 Å². The van der Waals surface area contributed by atoms with E-state index in [1.807, 2.05) is 0 Å². The summed E-state index contributed by atoms with van der Waals surface area (Å²) in [5.41, 5.74) is 0.180. The number of quaternary nitrogens is 1. The summed E-state index contributed by atoms with van der Waals surface area (Å²) >= 11 is 0. The van der Waals surface area contributed by atoms with Crippen LogP contribution in [0.3, 0.4) is 0 Å². The molecule has 0 saturated carbocycles. The van der Waals surface area contributed by atoms with Crippen LogP contribution in [0.4, 0.5) is 0 Å². The summed E-state index contributed by atoms with van der Waals surface area (Å²) in [6, 6.07) is 3.54. The van der Waals surface area contributed by atoms with Crippen LogP contribution in [-0.4, -0.2) is 31.9 Å². The Kier molecular flexibility index (Phi) is 4.64. The molecule has 0 amide bonds. The summed E-state index contributed by atoms with van der Waals surface area (Å²) in [4.78, 5) is 31.1. The highest BCUT2D eigenvalue weighted by atomic mass is 16.6. The predicted octanol–water partition coefficient (Wildman–Crippen LogP) is 1.15. The van der Waals surface area contributed by atoms with E-state index in [9.17, 15) is 20.2 Å². The summed E-state index contributed by atoms with van der Waals surface area (Å²) in [5, 5.41) is 25.5. The lowest BCUT2D eigenvalue weighted by atomic mass is 9.66. The molecule has 0 spiro atoms. The number of aromatic nitrogens is 2. The molecular weight excluding hydrogens is 338 g/mol. The molecule has 136 valence electrons. The van der Waals surface area contributed by atoms with E-state index in [2.05, 4.69) is 9.97 Å². The molecule has 1 saturated heterocycles. The van der Waals surface area contributed by atoms with Gasteiger partial charge >= 0.3 is 0 Å². The molecule has 2 aromatic heterocycles. The maximum Gasteiger partial charge on any atom is 0.279 e. The SMILES string of the molecule is CC1(C)[C@@H]([N+](=O)[O-])[C@@H](c2cccnc2)[NH2+][C@H](c2cccnc2)[C@@H]1[N+](=O)[O-]. The fraction of sp³-hybridized carbons (Fsp3) is 0.412. The zero-order valence-corrected chi connectivity index (χ0v) is 14.4. The van der Waals surface area contributed by atoms with Crippen molar-refractivity contribution in [2.24, 2.45) is 5.41 Å². The van der Waals surface area contributed by atoms with Crippen LogP contribution in [0, 0.1) is 25.6 Å². The van der Waals surface area contributed by atoms with Crippen LogP contribution in [0.5, 0.6) is 0 Å². The van der Waals surface area contributed by atoms with Crippen molar-refractivity contribution >= 4 is 0 Å². The first-order valence-electron chi connectivity index (χ1n) is 8.26. The molecule has 9 nitrogen and oxygen atoms in total. The first-order chi connectivity index (χ1) is 12.3. The number of pyridine rings is 2. The summed E-state index contributed by atoms with van der Waals surface area (Å²) in [7, 11) is 0. The first kappa shape index (κ1) is 17.9. The van der Waals surface area contributed by atoms with Crippen molar-refractivity contribution in [2.75, 3.05) is 0 Å². The Morgan fingerprint density at radius 2 is 1.35 bits per heavy atom. The molecule has 0 radical (unpaired) electrons. The van der Waals surface area contributed by atoms with Gasteiger partial charge in [-0.1, -0.05) is 0 Å². The first-order valence-corrected chi connectivity index (χ1v) is 8.26. The fourth-order valence-corrected chi connectivity index (χ4v) is 4.07. The van der Waals surface area contributed by atoms with Gasteiger partial charge in [-0.2, -0.15) is 0 Å². The largest absolute Gasteiger partial charge is 0.322 e. The highest BCUT2D eigenvalue weighted by Gasteiger charge is 2.65. The van der Waals surface area contributed by atoms with Crippen LogP contribution in [0.15, 0.2) is 49.1 Å². The van der Waals surface area contributed by atoms with Crippen LogP contribution < -0.4 is 5.32 Å². The van der Waals surface area contributed by atoms with E-state index >= 15 is 0 Å². The second kappa shape index (κ2) is 6.75. The third-order valence-electron chi connectivity index (χ3n) is 5.21. The van der Waals surface area contributed by atoms with E-state index < -0.39 is 39.4 Å². The van der Waals surface area contributed by atoms with E-state index in [0.717, 1.165) is 0 Å². The lowest BCUT2D eigenvalue weighted by Gasteiger charge is -2.41. The van der Waals surface area contributed by atoms with E-state index in [1.54, 1.807) is 68.2 Å². The van der Waals surface area contributed by atoms with Gasteiger partial charge in [0, 0.05) is 45.8 Å². The molecule has 0 unspecified atom stereocenters. The molecule has 1 fully saturated rings. The highest BCUT2D eigenvalue weighted by Crippen LogP contribution is 2.42. The topological polar surface area (TPSA) is 129 Å². The van der Waals surface area contributed by atoms with E-state index in [0.29, 0.717) is 11.1 Å². The van der Waals surface area contributed by atoms with Gasteiger partial charge < -0.3 is 5.32 Å². The van der Waals surface area contributed by atoms with Crippen molar-refractivity contribution in [3.63, 3.8) is 0 Å². The molecule has 2 N–H and O–H groups in total. The minimum Gasteiger partial charge on any atom is -0.322 e. The van der Waals surface area contributed by atoms with Crippen LogP contribution in [0.25, 0.3) is 0 Å². The Morgan fingerprint density at radius 3 is 1.65 bits per heavy atom. The Hall–Kier alpha value is -2.94. The number of nitrogens with two attached hydrogens (primary N) is 1. The van der Waals surface area contributed by atoms with Gasteiger partial charge in [0.1, 0.15) is 5.41 Å². The molecule has 0 aliphatic carbocycles. The Balaban J connectivity index is 2.14. The van der Waals surface area contributed by atoms with E-state index in [1.165, 1.54) is 0 Å². The zero-order valence-electron chi connectivity index (χ0n) is 14.4. The van der Waals surface area contributed by atoms with Crippen LogP contribution in [0.1, 0.15) is 37.1 Å². The third kappa shape index (κ3) is 3.01. The van der Waals surface area contributed by atoms with E-state index in [4.69, 9.17) is 0 Å². The van der Waals surface area contributed by atoms with Crippen LogP contribution >= 0.6 is 0 Å². The van der Waals surface area contributed by atoms with Gasteiger partial charge in [0.25, 0.3) is 12.1 Å². The highest BCUT2D eigenvalue weighted by molar-refractivity contribution is 5.20. The van der Waals surface area contributed by atoms with Gasteiger partial charge in [0.2, 0.25) is 0 Å². The lowest BCUT2D eigenvalue weighted by molar-refractivity contribution is -0.818. The molecule has 3 rings (SSSR count). The Morgan fingerprint density at radius 1 is 0.923 bits per heavy atom. The normalized spacial score (nSPS) is 27.6. The average Bonchev–Trinajstić information content (AvgIpc) is 2.60. The van der Waals surface area contributed by atoms with Gasteiger partial charge in [0.15, 0.2) is 12.1 Å². The van der Waals surface area contributed by atoms with Crippen molar-refractivity contribution in [2.45, 2.75) is 38.0 Å². The van der Waals surface area contributed by atoms with Crippen molar-refractivity contribution in [3.8, 4) is 0 Å². The van der Waals surface area contributed by atoms with Gasteiger partial charge in [-0.15, -0.1) is 0 Å². The maximum absolute atomic E-state index is 11.9. The smallest absolute Gasteiger partial charge is 0.279 e. The molecule has 4 atom stereocenters. The summed E-state index contributed by atoms with van der Waals surface area (Å²) in [6.45, 7) is 3.21. The summed E-state index contributed by atoms with van der Waals surface area (Å²) in [5.74, 6) is 0. The summed E-state index contributed by atoms with van der Waals surface area (Å²) in [6.07, 6.45) is 6.36. The molecule has 1 aliphatic heterocycles. The standard InChI is InChI=1S/C17H19N5O4/c1-17(2)15(21(23)24)13(11-5-3-7-18-9-11)20-14(16(17)22(25)26)12-6-4-8-19-10-12/h3-10,13-16,20H,1-2H3/p+1/t13-,14-,15+,16+/m1/s1. The number of piperidine rings is 1. The quantitative estimate of drug-likeness (QED) is 0.645. The Bertz CT molecular complexity index is 734. The van der Waals surface area contributed by atoms with Crippen molar-refractivity contribution in [1.82, 2.24) is 9.97 Å². The molecule has 0 aromatic carbocycles. The molecule has 0 bridgehead atoms. The zero-order chi connectivity index (χ0) is 18.9. The number of nitrogens with zero attached hydrogens (tertiary/aromatic N) is 4. The molecular formula is C17H20N5O4+. The third-order valence-corrected chi connectivity index (χ3v) is 5.21. The second-order valence-electron chi connectivity index (χ2n) is 7.10. The van der Waals surface area contributed by atoms with Gasteiger partial charge in [-0.3, -0.25) is 30.2 Å². The number of hydrogen-bond donors (Lipinski definition) is 1. The monoisotopic (exact) mass is 358 g/mol. The Labute approximate surface area is 149 Å². The second-order valence-corrected chi connectivity index (χ2v) is 7.10. The number of nitro groups is 2. The van der Waals surface area contributed by atoms with Crippen molar-refractivity contribution in [1.29, 1.82) is 0 Å². The van der Waals surface area contributed by atoms with Crippen LogP contribution in [-0.2, 0) is 0 Å². The lowest BCUT2D eigenvalue weighted by Crippen LogP contribution is -2.96.